The van der Waals surface area contributed by atoms with Crippen LogP contribution in [0, 0.1) is 17.5 Å². The molecule has 0 fully saturated rings. The topological polar surface area (TPSA) is 75.3 Å². The third-order valence-corrected chi connectivity index (χ3v) is 3.78. The average Bonchev–Trinajstić information content (AvgIpc) is 2.44. The molecule has 5 nitrogen and oxygen atoms in total. The van der Waals surface area contributed by atoms with Crippen molar-refractivity contribution in [2.24, 2.45) is 0 Å². The first-order valence-corrected chi connectivity index (χ1v) is 7.30. The molecule has 0 unspecified atom stereocenters. The summed E-state index contributed by atoms with van der Waals surface area (Å²) in [6.45, 7) is 0. The number of carbonyl (C=O) groups is 1. The molecule has 1 amide bonds. The van der Waals surface area contributed by atoms with Gasteiger partial charge in [0.1, 0.15) is 17.5 Å². The van der Waals surface area contributed by atoms with Crippen LogP contribution in [0.1, 0.15) is 10.4 Å². The molecule has 0 saturated heterocycles. The van der Waals surface area contributed by atoms with Gasteiger partial charge in [0.15, 0.2) is 0 Å². The summed E-state index contributed by atoms with van der Waals surface area (Å²) in [4.78, 5) is 12.7. The fourth-order valence-electron chi connectivity index (χ4n) is 1.53. The Hall–Kier alpha value is -2.39. The molecule has 2 aromatic rings. The molecule has 2 rings (SSSR count). The molecule has 0 spiro atoms. The summed E-state index contributed by atoms with van der Waals surface area (Å²) in [7, 11) is -4.35. The number of amides is 1. The minimum Gasteiger partial charge on any atom is -0.273 e. The van der Waals surface area contributed by atoms with Crippen LogP contribution in [-0.2, 0) is 10.0 Å². The first kappa shape index (κ1) is 16.0. The number of halogens is 3. The Morgan fingerprint density at radius 3 is 1.95 bits per heavy atom. The van der Waals surface area contributed by atoms with Crippen LogP contribution in [0.15, 0.2) is 47.4 Å². The largest absolute Gasteiger partial charge is 0.273 e. The second kappa shape index (κ2) is 6.16. The van der Waals surface area contributed by atoms with Gasteiger partial charge in [0.2, 0.25) is 0 Å². The predicted octanol–water partition coefficient (Wildman–Crippen LogP) is 1.73. The normalized spacial score (nSPS) is 11.2. The second-order valence-corrected chi connectivity index (χ2v) is 5.85. The quantitative estimate of drug-likeness (QED) is 0.839. The van der Waals surface area contributed by atoms with Gasteiger partial charge in [-0.2, -0.15) is 0 Å². The maximum absolute atomic E-state index is 13.0. The Morgan fingerprint density at radius 1 is 0.864 bits per heavy atom. The number of nitrogens with one attached hydrogen (secondary N) is 2. The average molecular weight is 330 g/mol. The van der Waals surface area contributed by atoms with Gasteiger partial charge in [0.05, 0.1) is 4.90 Å². The number of sulfonamides is 1. The van der Waals surface area contributed by atoms with E-state index in [0.717, 1.165) is 24.3 Å². The molecule has 116 valence electrons. The summed E-state index contributed by atoms with van der Waals surface area (Å²) >= 11 is 0. The lowest BCUT2D eigenvalue weighted by molar-refractivity contribution is 0.0945. The minimum atomic E-state index is -4.35. The zero-order valence-electron chi connectivity index (χ0n) is 10.8. The van der Waals surface area contributed by atoms with Gasteiger partial charge >= 0.3 is 0 Å². The highest BCUT2D eigenvalue weighted by Gasteiger charge is 2.17. The van der Waals surface area contributed by atoms with Crippen molar-refractivity contribution in [1.82, 2.24) is 10.3 Å². The van der Waals surface area contributed by atoms with Gasteiger partial charge in [-0.25, -0.2) is 21.6 Å². The van der Waals surface area contributed by atoms with Crippen molar-refractivity contribution in [2.45, 2.75) is 4.90 Å². The third kappa shape index (κ3) is 3.83. The molecule has 22 heavy (non-hydrogen) atoms. The Kier molecular flexibility index (Phi) is 4.48. The van der Waals surface area contributed by atoms with Gasteiger partial charge in [-0.05, 0) is 36.4 Å². The molecule has 0 aliphatic carbocycles. The van der Waals surface area contributed by atoms with E-state index in [4.69, 9.17) is 0 Å². The van der Waals surface area contributed by atoms with Crippen molar-refractivity contribution < 1.29 is 26.4 Å². The minimum absolute atomic E-state index is 0.00507. The van der Waals surface area contributed by atoms with Crippen molar-refractivity contribution in [1.29, 1.82) is 0 Å². The summed E-state index contributed by atoms with van der Waals surface area (Å²) in [5.74, 6) is -3.58. The van der Waals surface area contributed by atoms with Gasteiger partial charge in [-0.1, -0.05) is 0 Å². The van der Waals surface area contributed by atoms with Crippen LogP contribution in [0.2, 0.25) is 0 Å². The fourth-order valence-corrected chi connectivity index (χ4v) is 2.41. The van der Waals surface area contributed by atoms with E-state index in [1.165, 1.54) is 0 Å². The van der Waals surface area contributed by atoms with Gasteiger partial charge < -0.3 is 0 Å². The van der Waals surface area contributed by atoms with Gasteiger partial charge in [-0.3, -0.25) is 10.2 Å². The van der Waals surface area contributed by atoms with Crippen molar-refractivity contribution in [2.75, 3.05) is 0 Å². The predicted molar refractivity (Wildman–Crippen MR) is 70.5 cm³/mol. The van der Waals surface area contributed by atoms with E-state index in [2.05, 4.69) is 0 Å². The highest BCUT2D eigenvalue weighted by molar-refractivity contribution is 7.89. The van der Waals surface area contributed by atoms with Gasteiger partial charge in [0, 0.05) is 11.6 Å². The van der Waals surface area contributed by atoms with E-state index in [0.29, 0.717) is 18.2 Å². The van der Waals surface area contributed by atoms with E-state index < -0.39 is 38.3 Å². The van der Waals surface area contributed by atoms with Crippen LogP contribution in [-0.4, -0.2) is 14.3 Å². The van der Waals surface area contributed by atoms with Crippen molar-refractivity contribution in [3.63, 3.8) is 0 Å². The maximum Gasteiger partial charge on any atom is 0.266 e. The summed E-state index contributed by atoms with van der Waals surface area (Å²) < 4.78 is 62.3. The second-order valence-electron chi connectivity index (χ2n) is 4.17. The maximum atomic E-state index is 13.0. The molecular formula is C13H9F3N2O3S. The Bertz CT molecular complexity index is 788. The summed E-state index contributed by atoms with van der Waals surface area (Å²) in [5.41, 5.74) is 1.85. The van der Waals surface area contributed by atoms with Crippen LogP contribution in [0.5, 0.6) is 0 Å². The van der Waals surface area contributed by atoms with Crippen LogP contribution >= 0.6 is 0 Å². The van der Waals surface area contributed by atoms with Crippen LogP contribution in [0.25, 0.3) is 0 Å². The van der Waals surface area contributed by atoms with Crippen molar-refractivity contribution >= 4 is 15.9 Å². The molecule has 0 aliphatic heterocycles. The summed E-state index contributed by atoms with van der Waals surface area (Å²) in [5, 5.41) is 0. The lowest BCUT2D eigenvalue weighted by Gasteiger charge is -2.08. The molecule has 0 bridgehead atoms. The molecule has 0 saturated carbocycles. The standard InChI is InChI=1S/C13H9F3N2O3S/c14-9-3-1-8(2-4-9)13(19)17-18-22(20,21)12-6-10(15)5-11(16)7-12/h1-7,18H,(H,17,19). The van der Waals surface area contributed by atoms with Crippen molar-refractivity contribution in [3.8, 4) is 0 Å². The third-order valence-electron chi connectivity index (χ3n) is 2.55. The molecular weight excluding hydrogens is 321 g/mol. The Morgan fingerprint density at radius 2 is 1.41 bits per heavy atom. The molecule has 0 heterocycles. The smallest absolute Gasteiger partial charge is 0.266 e. The number of rotatable bonds is 4. The molecule has 0 aromatic heterocycles. The van der Waals surface area contributed by atoms with E-state index in [1.807, 2.05) is 5.43 Å². The van der Waals surface area contributed by atoms with Crippen LogP contribution < -0.4 is 10.3 Å². The molecule has 0 atom stereocenters. The number of carbonyl (C=O) groups excluding carboxylic acids is 1. The van der Waals surface area contributed by atoms with Gasteiger partial charge in [-0.15, -0.1) is 4.83 Å². The SMILES string of the molecule is O=C(NNS(=O)(=O)c1cc(F)cc(F)c1)c1ccc(F)cc1. The Balaban J connectivity index is 2.12. The molecule has 0 aliphatic rings. The zero-order chi connectivity index (χ0) is 16.3. The number of hydrogen-bond acceptors (Lipinski definition) is 3. The first-order valence-electron chi connectivity index (χ1n) is 5.82. The lowest BCUT2D eigenvalue weighted by Crippen LogP contribution is -2.41. The molecule has 2 N–H and O–H groups in total. The van der Waals surface area contributed by atoms with E-state index in [9.17, 15) is 26.4 Å². The van der Waals surface area contributed by atoms with Crippen LogP contribution in [0.3, 0.4) is 0 Å². The lowest BCUT2D eigenvalue weighted by atomic mass is 10.2. The highest BCUT2D eigenvalue weighted by Crippen LogP contribution is 2.13. The fraction of sp³-hybridized carbons (Fsp3) is 0. The summed E-state index contributed by atoms with van der Waals surface area (Å²) in [6.07, 6.45) is 0. The monoisotopic (exact) mass is 330 g/mol. The first-order chi connectivity index (χ1) is 10.3. The van der Waals surface area contributed by atoms with E-state index >= 15 is 0 Å². The molecule has 2 aromatic carbocycles. The number of hydrazine groups is 1. The Labute approximate surface area is 123 Å². The summed E-state index contributed by atoms with van der Waals surface area (Å²) in [6, 6.07) is 6.01. The van der Waals surface area contributed by atoms with Gasteiger partial charge in [0.25, 0.3) is 15.9 Å². The van der Waals surface area contributed by atoms with Crippen molar-refractivity contribution in [3.05, 3.63) is 65.5 Å². The number of benzene rings is 2. The zero-order valence-corrected chi connectivity index (χ0v) is 11.6. The molecule has 0 radical (unpaired) electrons. The highest BCUT2D eigenvalue weighted by atomic mass is 32.2. The van der Waals surface area contributed by atoms with E-state index in [-0.39, 0.29) is 5.56 Å². The van der Waals surface area contributed by atoms with E-state index in [1.54, 1.807) is 4.83 Å². The number of hydrogen-bond donors (Lipinski definition) is 2. The molecule has 9 heteroatoms. The van der Waals surface area contributed by atoms with Crippen LogP contribution in [0.4, 0.5) is 13.2 Å².